The first-order valence-electron chi connectivity index (χ1n) is 13.1. The molecule has 0 saturated heterocycles. The quantitative estimate of drug-likeness (QED) is 0.231. The molecule has 0 amide bonds. The van der Waals surface area contributed by atoms with E-state index in [1.165, 1.54) is 13.8 Å². The highest BCUT2D eigenvalue weighted by Gasteiger charge is 2.26. The summed E-state index contributed by atoms with van der Waals surface area (Å²) in [5.74, 6) is 1.43. The monoisotopic (exact) mass is 550 g/mol. The number of rotatable bonds is 15. The minimum Gasteiger partial charge on any atom is -0.493 e. The third-order valence-electron chi connectivity index (χ3n) is 6.58. The lowest BCUT2D eigenvalue weighted by Crippen LogP contribution is -2.29. The van der Waals surface area contributed by atoms with E-state index >= 15 is 0 Å². The first-order chi connectivity index (χ1) is 19.3. The van der Waals surface area contributed by atoms with Crippen LogP contribution < -0.4 is 18.9 Å². The van der Waals surface area contributed by atoms with E-state index in [0.29, 0.717) is 42.4 Å². The zero-order chi connectivity index (χ0) is 28.9. The van der Waals surface area contributed by atoms with Gasteiger partial charge in [-0.15, -0.1) is 0 Å². The maximum atomic E-state index is 11.8. The van der Waals surface area contributed by atoms with Gasteiger partial charge < -0.3 is 28.4 Å². The molecule has 0 fully saturated rings. The summed E-state index contributed by atoms with van der Waals surface area (Å²) in [6, 6.07) is 21.4. The van der Waals surface area contributed by atoms with Gasteiger partial charge in [0.1, 0.15) is 6.61 Å². The Labute approximate surface area is 236 Å². The summed E-state index contributed by atoms with van der Waals surface area (Å²) in [6.45, 7) is 3.53. The van der Waals surface area contributed by atoms with Gasteiger partial charge in [0, 0.05) is 25.7 Å². The lowest BCUT2D eigenvalue weighted by atomic mass is 9.83. The molecule has 3 aromatic carbocycles. The molecule has 2 atom stereocenters. The van der Waals surface area contributed by atoms with Crippen LogP contribution in [0.25, 0.3) is 0 Å². The van der Waals surface area contributed by atoms with Crippen molar-refractivity contribution in [3.05, 3.63) is 83.4 Å². The van der Waals surface area contributed by atoms with Gasteiger partial charge in [-0.3, -0.25) is 9.59 Å². The molecule has 0 saturated carbocycles. The highest BCUT2D eigenvalue weighted by Crippen LogP contribution is 2.33. The number of methoxy groups -OCH3 is 3. The van der Waals surface area contributed by atoms with E-state index in [4.69, 9.17) is 28.4 Å². The normalized spacial score (nSPS) is 12.1. The van der Waals surface area contributed by atoms with Crippen molar-refractivity contribution in [1.82, 2.24) is 0 Å². The molecule has 0 heterocycles. The predicted molar refractivity (Wildman–Crippen MR) is 151 cm³/mol. The van der Waals surface area contributed by atoms with Gasteiger partial charge in [0.15, 0.2) is 23.0 Å². The second kappa shape index (κ2) is 15.4. The first-order valence-corrected chi connectivity index (χ1v) is 13.1. The fraction of sp³-hybridized carbons (Fsp3) is 0.375. The molecule has 3 aromatic rings. The van der Waals surface area contributed by atoms with Crippen LogP contribution in [0.15, 0.2) is 66.7 Å². The SMILES string of the molecule is COc1ccc(C[C@@H](COC(C)=O)[C@H](COC(C)=O)Cc2ccc(OCc3ccccc3)c(OC)c2)cc1OC. The second-order valence-electron chi connectivity index (χ2n) is 9.48. The van der Waals surface area contributed by atoms with Crippen molar-refractivity contribution in [2.24, 2.45) is 11.8 Å². The predicted octanol–water partition coefficient (Wildman–Crippen LogP) is 5.44. The average molecular weight is 551 g/mol. The third-order valence-corrected chi connectivity index (χ3v) is 6.58. The largest absolute Gasteiger partial charge is 0.493 e. The molecule has 0 N–H and O–H groups in total. The minimum atomic E-state index is -0.371. The zero-order valence-corrected chi connectivity index (χ0v) is 23.8. The van der Waals surface area contributed by atoms with Crippen LogP contribution >= 0.6 is 0 Å². The van der Waals surface area contributed by atoms with Gasteiger partial charge in [-0.1, -0.05) is 42.5 Å². The number of carbonyl (C=O) groups excluding carboxylic acids is 2. The van der Waals surface area contributed by atoms with Crippen molar-refractivity contribution in [2.45, 2.75) is 33.3 Å². The van der Waals surface area contributed by atoms with E-state index in [9.17, 15) is 9.59 Å². The van der Waals surface area contributed by atoms with Gasteiger partial charge in [-0.2, -0.15) is 0 Å². The Morgan fingerprint density at radius 1 is 0.600 bits per heavy atom. The number of ether oxygens (including phenoxy) is 6. The van der Waals surface area contributed by atoms with Crippen LogP contribution in [0.2, 0.25) is 0 Å². The van der Waals surface area contributed by atoms with Crippen molar-refractivity contribution in [3.63, 3.8) is 0 Å². The Balaban J connectivity index is 1.85. The number of carbonyl (C=O) groups is 2. The zero-order valence-electron chi connectivity index (χ0n) is 23.8. The Kier molecular flexibility index (Phi) is 11.7. The molecule has 8 heteroatoms. The topological polar surface area (TPSA) is 89.5 Å². The molecular weight excluding hydrogens is 512 g/mol. The number of hydrogen-bond acceptors (Lipinski definition) is 8. The van der Waals surface area contributed by atoms with Crippen molar-refractivity contribution < 1.29 is 38.0 Å². The van der Waals surface area contributed by atoms with Gasteiger partial charge in [0.05, 0.1) is 34.5 Å². The van der Waals surface area contributed by atoms with E-state index < -0.39 is 0 Å². The fourth-order valence-electron chi connectivity index (χ4n) is 4.48. The highest BCUT2D eigenvalue weighted by molar-refractivity contribution is 5.66. The number of esters is 2. The van der Waals surface area contributed by atoms with Crippen LogP contribution in [-0.2, 0) is 38.5 Å². The van der Waals surface area contributed by atoms with E-state index in [-0.39, 0.29) is 37.0 Å². The van der Waals surface area contributed by atoms with E-state index in [1.54, 1.807) is 21.3 Å². The summed E-state index contributed by atoms with van der Waals surface area (Å²) in [5, 5.41) is 0. The van der Waals surface area contributed by atoms with Crippen LogP contribution in [0.1, 0.15) is 30.5 Å². The van der Waals surface area contributed by atoms with Gasteiger partial charge in [0.25, 0.3) is 0 Å². The maximum absolute atomic E-state index is 11.8. The molecule has 214 valence electrons. The Bertz CT molecular complexity index is 1240. The van der Waals surface area contributed by atoms with Crippen molar-refractivity contribution in [2.75, 3.05) is 34.5 Å². The summed E-state index contributed by atoms with van der Waals surface area (Å²) < 4.78 is 33.4. The molecule has 0 aliphatic rings. The van der Waals surface area contributed by atoms with Gasteiger partial charge in [0.2, 0.25) is 0 Å². The molecule has 0 spiro atoms. The summed E-state index contributed by atoms with van der Waals surface area (Å²) in [5.41, 5.74) is 3.00. The summed E-state index contributed by atoms with van der Waals surface area (Å²) in [7, 11) is 4.77. The lowest BCUT2D eigenvalue weighted by Gasteiger charge is -2.27. The van der Waals surface area contributed by atoms with Crippen LogP contribution in [0.5, 0.6) is 23.0 Å². The fourth-order valence-corrected chi connectivity index (χ4v) is 4.48. The van der Waals surface area contributed by atoms with Crippen LogP contribution in [0, 0.1) is 11.8 Å². The number of hydrogen-bond donors (Lipinski definition) is 0. The molecule has 0 radical (unpaired) electrons. The molecule has 0 bridgehead atoms. The van der Waals surface area contributed by atoms with Gasteiger partial charge in [-0.25, -0.2) is 0 Å². The first kappa shape index (κ1) is 30.3. The number of benzene rings is 3. The van der Waals surface area contributed by atoms with Gasteiger partial charge >= 0.3 is 11.9 Å². The average Bonchev–Trinajstić information content (AvgIpc) is 2.96. The third kappa shape index (κ3) is 9.22. The summed E-state index contributed by atoms with van der Waals surface area (Å²) >= 11 is 0. The molecule has 3 rings (SSSR count). The molecular formula is C32H38O8. The Hall–Kier alpha value is -4.20. The van der Waals surface area contributed by atoms with Crippen LogP contribution in [0.3, 0.4) is 0 Å². The van der Waals surface area contributed by atoms with E-state index in [2.05, 4.69) is 0 Å². The van der Waals surface area contributed by atoms with E-state index in [0.717, 1.165) is 16.7 Å². The summed E-state index contributed by atoms with van der Waals surface area (Å²) in [4.78, 5) is 23.5. The Morgan fingerprint density at radius 2 is 1.07 bits per heavy atom. The molecule has 40 heavy (non-hydrogen) atoms. The second-order valence-corrected chi connectivity index (χ2v) is 9.48. The van der Waals surface area contributed by atoms with Crippen molar-refractivity contribution in [3.8, 4) is 23.0 Å². The Morgan fingerprint density at radius 3 is 1.55 bits per heavy atom. The summed E-state index contributed by atoms with van der Waals surface area (Å²) in [6.07, 6.45) is 1.12. The minimum absolute atomic E-state index is 0.152. The molecule has 0 aromatic heterocycles. The van der Waals surface area contributed by atoms with Crippen LogP contribution in [-0.4, -0.2) is 46.5 Å². The lowest BCUT2D eigenvalue weighted by molar-refractivity contribution is -0.147. The highest BCUT2D eigenvalue weighted by atomic mass is 16.5. The maximum Gasteiger partial charge on any atom is 0.302 e. The van der Waals surface area contributed by atoms with Crippen LogP contribution in [0.4, 0.5) is 0 Å². The molecule has 0 aliphatic carbocycles. The molecule has 8 nitrogen and oxygen atoms in total. The van der Waals surface area contributed by atoms with Gasteiger partial charge in [-0.05, 0) is 53.8 Å². The molecule has 0 aliphatic heterocycles. The smallest absolute Gasteiger partial charge is 0.302 e. The van der Waals surface area contributed by atoms with E-state index in [1.807, 2.05) is 66.7 Å². The molecule has 0 unspecified atom stereocenters. The van der Waals surface area contributed by atoms with Crippen molar-refractivity contribution >= 4 is 11.9 Å². The van der Waals surface area contributed by atoms with Crippen molar-refractivity contribution in [1.29, 1.82) is 0 Å². The standard InChI is InChI=1S/C32H38O8/c1-22(33)38-20-27(15-25-11-13-29(35-3)31(17-25)36-4)28(21-39-23(2)34)16-26-12-14-30(32(18-26)37-5)40-19-24-9-7-6-8-10-24/h6-14,17-18,27-28H,15-16,19-21H2,1-5H3/t27-,28-/m0/s1.